The van der Waals surface area contributed by atoms with Crippen molar-refractivity contribution in [3.05, 3.63) is 11.1 Å². The first-order valence-electron chi connectivity index (χ1n) is 6.68. The lowest BCUT2D eigenvalue weighted by Gasteiger charge is -2.39. The van der Waals surface area contributed by atoms with Crippen molar-refractivity contribution in [2.75, 3.05) is 0 Å². The lowest BCUT2D eigenvalue weighted by atomic mass is 9.63. The summed E-state index contributed by atoms with van der Waals surface area (Å²) in [5.41, 5.74) is 2.73. The first-order valence-corrected chi connectivity index (χ1v) is 6.68. The van der Waals surface area contributed by atoms with Crippen molar-refractivity contribution in [3.8, 4) is 0 Å². The Balaban J connectivity index is 2.22. The molecule has 1 nitrogen and oxygen atoms in total. The van der Waals surface area contributed by atoms with Crippen LogP contribution < -0.4 is 0 Å². The highest BCUT2D eigenvalue weighted by Gasteiger charge is 2.68. The average molecular weight is 218 g/mol. The van der Waals surface area contributed by atoms with Gasteiger partial charge in [-0.2, -0.15) is 0 Å². The van der Waals surface area contributed by atoms with Crippen LogP contribution in [0.1, 0.15) is 53.4 Å². The smallest absolute Gasteiger partial charge is 0.165 e. The third-order valence-corrected chi connectivity index (χ3v) is 6.33. The number of allylic oxidation sites excluding steroid dienone is 2. The van der Waals surface area contributed by atoms with Gasteiger partial charge in [-0.15, -0.1) is 0 Å². The average Bonchev–Trinajstić information content (AvgIpc) is 2.79. The summed E-state index contributed by atoms with van der Waals surface area (Å²) < 4.78 is 0. The minimum Gasteiger partial charge on any atom is -0.294 e. The first-order chi connectivity index (χ1) is 7.45. The highest BCUT2D eigenvalue weighted by atomic mass is 16.1. The summed E-state index contributed by atoms with van der Waals surface area (Å²) in [6, 6.07) is 0. The second-order valence-corrected chi connectivity index (χ2v) is 6.54. The zero-order valence-corrected chi connectivity index (χ0v) is 10.9. The molecule has 3 aliphatic carbocycles. The molecule has 0 aliphatic heterocycles. The van der Waals surface area contributed by atoms with Crippen LogP contribution in [0.5, 0.6) is 0 Å². The highest BCUT2D eigenvalue weighted by Crippen LogP contribution is 2.72. The zero-order valence-electron chi connectivity index (χ0n) is 10.9. The van der Waals surface area contributed by atoms with E-state index in [0.29, 0.717) is 5.78 Å². The van der Waals surface area contributed by atoms with Crippen LogP contribution >= 0.6 is 0 Å². The topological polar surface area (TPSA) is 17.1 Å². The van der Waals surface area contributed by atoms with Crippen molar-refractivity contribution in [2.24, 2.45) is 22.7 Å². The Morgan fingerprint density at radius 1 is 1.19 bits per heavy atom. The number of carbonyl (C=O) groups excluding carboxylic acids is 1. The molecule has 0 aromatic carbocycles. The van der Waals surface area contributed by atoms with E-state index >= 15 is 0 Å². The largest absolute Gasteiger partial charge is 0.294 e. The molecule has 0 N–H and O–H groups in total. The molecule has 3 rings (SSSR count). The SMILES string of the molecule is CC1=C(C)[C@]23CC[C@@H](C)[C@@H]2CC[C@@]3(C)C1=O. The van der Waals surface area contributed by atoms with Crippen molar-refractivity contribution in [1.29, 1.82) is 0 Å². The number of hydrogen-bond acceptors (Lipinski definition) is 1. The molecule has 0 radical (unpaired) electrons. The third-order valence-electron chi connectivity index (χ3n) is 6.33. The molecule has 1 heteroatoms. The van der Waals surface area contributed by atoms with Gasteiger partial charge in [-0.25, -0.2) is 0 Å². The van der Waals surface area contributed by atoms with E-state index in [-0.39, 0.29) is 10.8 Å². The van der Waals surface area contributed by atoms with Crippen LogP contribution in [0.2, 0.25) is 0 Å². The third kappa shape index (κ3) is 0.813. The molecule has 2 fully saturated rings. The molecule has 3 aliphatic rings. The maximum atomic E-state index is 12.5. The van der Waals surface area contributed by atoms with Gasteiger partial charge in [0, 0.05) is 10.8 Å². The second kappa shape index (κ2) is 2.80. The molecule has 4 atom stereocenters. The zero-order chi connectivity index (χ0) is 11.7. The fraction of sp³-hybridized carbons (Fsp3) is 0.800. The van der Waals surface area contributed by atoms with Crippen molar-refractivity contribution >= 4 is 5.78 Å². The summed E-state index contributed by atoms with van der Waals surface area (Å²) in [7, 11) is 0. The van der Waals surface area contributed by atoms with Crippen molar-refractivity contribution in [3.63, 3.8) is 0 Å². The molecule has 0 unspecified atom stereocenters. The Morgan fingerprint density at radius 2 is 1.88 bits per heavy atom. The number of hydrogen-bond donors (Lipinski definition) is 0. The van der Waals surface area contributed by atoms with Gasteiger partial charge in [0.2, 0.25) is 0 Å². The maximum absolute atomic E-state index is 12.5. The Bertz CT molecular complexity index is 406. The van der Waals surface area contributed by atoms with E-state index in [1.165, 1.54) is 24.8 Å². The van der Waals surface area contributed by atoms with Crippen LogP contribution in [0.25, 0.3) is 0 Å². The van der Waals surface area contributed by atoms with Gasteiger partial charge in [0.05, 0.1) is 0 Å². The summed E-state index contributed by atoms with van der Waals surface area (Å²) in [6.07, 6.45) is 4.96. The number of Topliss-reactive ketones (excluding diaryl/α,β-unsaturated/α-hetero) is 1. The van der Waals surface area contributed by atoms with Crippen molar-refractivity contribution in [2.45, 2.75) is 53.4 Å². The maximum Gasteiger partial charge on any atom is 0.165 e. The molecule has 1 spiro atoms. The van der Waals surface area contributed by atoms with E-state index < -0.39 is 0 Å². The molecule has 0 aromatic heterocycles. The van der Waals surface area contributed by atoms with Gasteiger partial charge in [-0.05, 0) is 56.9 Å². The Hall–Kier alpha value is -0.590. The minimum atomic E-state index is -0.0450. The Morgan fingerprint density at radius 3 is 2.56 bits per heavy atom. The van der Waals surface area contributed by atoms with Gasteiger partial charge < -0.3 is 0 Å². The molecular formula is C15H22O. The molecule has 16 heavy (non-hydrogen) atoms. The van der Waals surface area contributed by atoms with Crippen LogP contribution in [-0.2, 0) is 4.79 Å². The summed E-state index contributed by atoms with van der Waals surface area (Å²) in [5.74, 6) is 2.05. The van der Waals surface area contributed by atoms with Crippen molar-refractivity contribution in [1.82, 2.24) is 0 Å². The van der Waals surface area contributed by atoms with Crippen LogP contribution in [0, 0.1) is 22.7 Å². The molecule has 0 aromatic rings. The Kier molecular flexibility index (Phi) is 1.85. The van der Waals surface area contributed by atoms with E-state index in [0.717, 1.165) is 23.8 Å². The summed E-state index contributed by atoms with van der Waals surface area (Å²) in [6.45, 7) is 8.91. The fourth-order valence-electron chi connectivity index (χ4n) is 5.33. The number of ketones is 1. The standard InChI is InChI=1S/C15H22O/c1-9-5-8-15-11(3)10(2)13(16)14(15,4)7-6-12(9)15/h9,12H,5-8H2,1-4H3/t9-,12+,14+,15-/m1/s1. The van der Waals surface area contributed by atoms with E-state index in [1.807, 2.05) is 0 Å². The minimum absolute atomic E-state index is 0.0450. The van der Waals surface area contributed by atoms with Gasteiger partial charge in [0.15, 0.2) is 5.78 Å². The van der Waals surface area contributed by atoms with Gasteiger partial charge in [0.1, 0.15) is 0 Å². The van der Waals surface area contributed by atoms with Gasteiger partial charge in [-0.1, -0.05) is 19.4 Å². The first kappa shape index (κ1) is 10.6. The van der Waals surface area contributed by atoms with Gasteiger partial charge >= 0.3 is 0 Å². The molecular weight excluding hydrogens is 196 g/mol. The predicted octanol–water partition coefficient (Wildman–Crippen LogP) is 3.74. The summed E-state index contributed by atoms with van der Waals surface area (Å²) >= 11 is 0. The van der Waals surface area contributed by atoms with E-state index in [2.05, 4.69) is 27.7 Å². The highest BCUT2D eigenvalue weighted by molar-refractivity contribution is 6.04. The Labute approximate surface area is 98.3 Å². The lowest BCUT2D eigenvalue weighted by Crippen LogP contribution is -2.38. The summed E-state index contributed by atoms with van der Waals surface area (Å²) in [4.78, 5) is 12.5. The van der Waals surface area contributed by atoms with Crippen LogP contribution in [0.3, 0.4) is 0 Å². The number of rotatable bonds is 0. The van der Waals surface area contributed by atoms with Gasteiger partial charge in [0.25, 0.3) is 0 Å². The normalized spacial score (nSPS) is 51.1. The van der Waals surface area contributed by atoms with Crippen LogP contribution in [-0.4, -0.2) is 5.78 Å². The van der Waals surface area contributed by atoms with Crippen LogP contribution in [0.15, 0.2) is 11.1 Å². The van der Waals surface area contributed by atoms with E-state index in [4.69, 9.17) is 0 Å². The van der Waals surface area contributed by atoms with Crippen molar-refractivity contribution < 1.29 is 4.79 Å². The lowest BCUT2D eigenvalue weighted by molar-refractivity contribution is -0.126. The molecule has 0 bridgehead atoms. The van der Waals surface area contributed by atoms with E-state index in [1.54, 1.807) is 0 Å². The summed E-state index contributed by atoms with van der Waals surface area (Å²) in [5, 5.41) is 0. The molecule has 0 amide bonds. The predicted molar refractivity (Wildman–Crippen MR) is 65.0 cm³/mol. The monoisotopic (exact) mass is 218 g/mol. The van der Waals surface area contributed by atoms with Gasteiger partial charge in [-0.3, -0.25) is 4.79 Å². The molecule has 0 saturated heterocycles. The fourth-order valence-corrected chi connectivity index (χ4v) is 5.33. The molecule has 88 valence electrons. The van der Waals surface area contributed by atoms with E-state index in [9.17, 15) is 4.79 Å². The number of carbonyl (C=O) groups is 1. The molecule has 0 heterocycles. The van der Waals surface area contributed by atoms with Crippen LogP contribution in [0.4, 0.5) is 0 Å². The second-order valence-electron chi connectivity index (χ2n) is 6.54. The molecule has 2 saturated carbocycles. The quantitative estimate of drug-likeness (QED) is 0.605.